The van der Waals surface area contributed by atoms with Crippen molar-refractivity contribution in [1.29, 1.82) is 5.26 Å². The second-order valence-corrected chi connectivity index (χ2v) is 8.66. The number of amides is 1. The Kier molecular flexibility index (Phi) is 6.83. The Morgan fingerprint density at radius 2 is 1.82 bits per heavy atom. The highest BCUT2D eigenvalue weighted by Crippen LogP contribution is 2.27. The molecule has 0 atom stereocenters. The van der Waals surface area contributed by atoms with Gasteiger partial charge in [-0.05, 0) is 55.8 Å². The van der Waals surface area contributed by atoms with Gasteiger partial charge in [-0.15, -0.1) is 0 Å². The van der Waals surface area contributed by atoms with E-state index >= 15 is 0 Å². The molecule has 0 saturated heterocycles. The van der Waals surface area contributed by atoms with Gasteiger partial charge in [-0.3, -0.25) is 14.1 Å². The number of hydrogen-bond acceptors (Lipinski definition) is 8. The predicted molar refractivity (Wildman–Crippen MR) is 122 cm³/mol. The summed E-state index contributed by atoms with van der Waals surface area (Å²) < 4.78 is 32.5. The van der Waals surface area contributed by atoms with Crippen LogP contribution in [0.5, 0.6) is 5.88 Å². The van der Waals surface area contributed by atoms with Crippen LogP contribution < -0.4 is 5.56 Å². The number of rotatable bonds is 6. The first-order valence-electron chi connectivity index (χ1n) is 9.84. The lowest BCUT2D eigenvalue weighted by molar-refractivity contribution is -0.126. The van der Waals surface area contributed by atoms with E-state index < -0.39 is 32.4 Å². The zero-order chi connectivity index (χ0) is 25.2. The summed E-state index contributed by atoms with van der Waals surface area (Å²) in [6.07, 6.45) is 4.32. The Morgan fingerprint density at radius 1 is 1.18 bits per heavy atom. The van der Waals surface area contributed by atoms with Gasteiger partial charge >= 0.3 is 0 Å². The smallest absolute Gasteiger partial charge is 0.294 e. The molecule has 1 aromatic carbocycles. The molecule has 0 aliphatic carbocycles. The van der Waals surface area contributed by atoms with E-state index in [2.05, 4.69) is 5.10 Å². The largest absolute Gasteiger partial charge is 0.494 e. The molecule has 0 saturated carbocycles. The molecule has 0 radical (unpaired) electrons. The molecule has 3 N–H and O–H groups in total. The molecule has 2 aromatic rings. The summed E-state index contributed by atoms with van der Waals surface area (Å²) in [7, 11) is -4.46. The molecule has 0 unspecified atom stereocenters. The van der Waals surface area contributed by atoms with E-state index in [0.29, 0.717) is 5.71 Å². The average Bonchev–Trinajstić information content (AvgIpc) is 3.03. The Balaban J connectivity index is 2.10. The summed E-state index contributed by atoms with van der Waals surface area (Å²) >= 11 is 0. The number of carbonyl (C=O) groups is 1. The number of aliphatic hydroxyl groups excluding tert-OH is 1. The van der Waals surface area contributed by atoms with Gasteiger partial charge in [0.05, 0.1) is 35.0 Å². The van der Waals surface area contributed by atoms with Crippen LogP contribution in [0.3, 0.4) is 0 Å². The molecule has 12 heteroatoms. The molecule has 1 aliphatic heterocycles. The van der Waals surface area contributed by atoms with Crippen molar-refractivity contribution in [3.63, 3.8) is 0 Å². The van der Waals surface area contributed by atoms with Crippen molar-refractivity contribution in [3.05, 3.63) is 69.0 Å². The van der Waals surface area contributed by atoms with Gasteiger partial charge in [0.2, 0.25) is 5.88 Å². The molecule has 34 heavy (non-hydrogen) atoms. The van der Waals surface area contributed by atoms with Gasteiger partial charge in [0.15, 0.2) is 0 Å². The number of allylic oxidation sites excluding steroid dienone is 2. The number of β-amino-alcohol motifs (C(OH)–C–C–N with tert-alkyl or cyclic N) is 1. The average molecular weight is 484 g/mol. The van der Waals surface area contributed by atoms with Crippen molar-refractivity contribution in [1.82, 2.24) is 9.58 Å². The van der Waals surface area contributed by atoms with Gasteiger partial charge in [0, 0.05) is 5.56 Å². The van der Waals surface area contributed by atoms with E-state index in [4.69, 9.17) is 9.66 Å². The Morgan fingerprint density at radius 3 is 2.38 bits per heavy atom. The van der Waals surface area contributed by atoms with Gasteiger partial charge in [-0.1, -0.05) is 6.08 Å². The third-order valence-corrected chi connectivity index (χ3v) is 5.98. The molecule has 1 aliphatic rings. The van der Waals surface area contributed by atoms with Crippen molar-refractivity contribution in [2.75, 3.05) is 13.2 Å². The van der Waals surface area contributed by atoms with E-state index in [0.717, 1.165) is 21.7 Å². The summed E-state index contributed by atoms with van der Waals surface area (Å²) in [5, 5.41) is 34.6. The molecule has 0 spiro atoms. The Labute approximate surface area is 194 Å². The molecule has 2 heterocycles. The van der Waals surface area contributed by atoms with Crippen LogP contribution in [0.2, 0.25) is 0 Å². The van der Waals surface area contributed by atoms with E-state index in [9.17, 15) is 28.4 Å². The molecular weight excluding hydrogens is 464 g/mol. The predicted octanol–water partition coefficient (Wildman–Crippen LogP) is 1.12. The van der Waals surface area contributed by atoms with Crippen LogP contribution in [0.4, 0.5) is 0 Å². The first-order valence-corrected chi connectivity index (χ1v) is 11.3. The van der Waals surface area contributed by atoms with Crippen LogP contribution in [0.15, 0.2) is 56.8 Å². The lowest BCUT2D eigenvalue weighted by atomic mass is 10.0. The lowest BCUT2D eigenvalue weighted by Crippen LogP contribution is -2.25. The molecule has 11 nitrogen and oxygen atoms in total. The van der Waals surface area contributed by atoms with Crippen LogP contribution in [0.25, 0.3) is 11.8 Å². The molecule has 1 amide bonds. The zero-order valence-corrected chi connectivity index (χ0v) is 18.9. The van der Waals surface area contributed by atoms with Crippen LogP contribution in [-0.4, -0.2) is 57.5 Å². The number of carbonyl (C=O) groups excluding carboxylic acids is 1. The van der Waals surface area contributed by atoms with E-state index in [-0.39, 0.29) is 41.1 Å². The molecule has 3 rings (SSSR count). The minimum Gasteiger partial charge on any atom is -0.494 e. The fourth-order valence-corrected chi connectivity index (χ4v) is 3.86. The monoisotopic (exact) mass is 484 g/mol. The lowest BCUT2D eigenvalue weighted by Gasteiger charge is -2.14. The summed E-state index contributed by atoms with van der Waals surface area (Å²) in [5.74, 6) is -0.917. The van der Waals surface area contributed by atoms with Gasteiger partial charge in [-0.2, -0.15) is 18.8 Å². The van der Waals surface area contributed by atoms with Crippen LogP contribution in [0, 0.1) is 18.3 Å². The molecule has 0 bridgehead atoms. The number of nitrogens with zero attached hydrogens (tertiary/aromatic N) is 4. The zero-order valence-electron chi connectivity index (χ0n) is 18.1. The standard InChI is InChI=1S/C22H20N4O7S/c1-13-17(4-3-5-18-14(2)24-25(10-11-27)20(18)28)21(29)26(22(30)19(13)12-23)15-6-8-16(9-7-15)34(31,32)33/h3-9,27,29H,10-11H2,1-2H3,(H,31,32,33). The van der Waals surface area contributed by atoms with Gasteiger partial charge < -0.3 is 10.2 Å². The highest BCUT2D eigenvalue weighted by atomic mass is 32.2. The number of aromatic hydroxyl groups is 1. The third-order valence-electron chi connectivity index (χ3n) is 5.12. The summed E-state index contributed by atoms with van der Waals surface area (Å²) in [6, 6.07) is 6.30. The fraction of sp³-hybridized carbons (Fsp3) is 0.182. The van der Waals surface area contributed by atoms with Gasteiger partial charge in [0.25, 0.3) is 21.6 Å². The minimum absolute atomic E-state index is 0.0456. The number of pyridine rings is 1. The summed E-state index contributed by atoms with van der Waals surface area (Å²) in [5.41, 5.74) is 0.0405. The third kappa shape index (κ3) is 4.53. The molecular formula is C22H20N4O7S. The van der Waals surface area contributed by atoms with Crippen LogP contribution in [0.1, 0.15) is 23.6 Å². The van der Waals surface area contributed by atoms with Crippen molar-refractivity contribution >= 4 is 27.8 Å². The first kappa shape index (κ1) is 24.6. The maximum Gasteiger partial charge on any atom is 0.294 e. The summed E-state index contributed by atoms with van der Waals surface area (Å²) in [6.45, 7) is 2.91. The van der Waals surface area contributed by atoms with E-state index in [1.165, 1.54) is 37.3 Å². The van der Waals surface area contributed by atoms with Crippen molar-refractivity contribution in [2.45, 2.75) is 18.7 Å². The topological polar surface area (TPSA) is 173 Å². The first-order chi connectivity index (χ1) is 16.0. The van der Waals surface area contributed by atoms with Gasteiger partial charge in [-0.25, -0.2) is 9.58 Å². The van der Waals surface area contributed by atoms with Crippen LogP contribution >= 0.6 is 0 Å². The summed E-state index contributed by atoms with van der Waals surface area (Å²) in [4.78, 5) is 24.8. The number of nitriles is 1. The number of aromatic nitrogens is 1. The van der Waals surface area contributed by atoms with Crippen molar-refractivity contribution in [3.8, 4) is 17.6 Å². The second-order valence-electron chi connectivity index (χ2n) is 7.24. The highest BCUT2D eigenvalue weighted by Gasteiger charge is 2.26. The number of hydrazone groups is 1. The molecule has 0 fully saturated rings. The Hall–Kier alpha value is -4.05. The van der Waals surface area contributed by atoms with E-state index in [1.807, 2.05) is 6.07 Å². The van der Waals surface area contributed by atoms with Gasteiger partial charge in [0.1, 0.15) is 11.6 Å². The SMILES string of the molecule is CC1=NN(CCO)C(=O)C1=CC=Cc1c(C)c(C#N)c(=O)n(-c2ccc(S(=O)(=O)O)cc2)c1O. The highest BCUT2D eigenvalue weighted by molar-refractivity contribution is 7.85. The van der Waals surface area contributed by atoms with Crippen molar-refractivity contribution < 1.29 is 28.0 Å². The maximum atomic E-state index is 12.8. The maximum absolute atomic E-state index is 12.8. The molecule has 1 aromatic heterocycles. The molecule has 176 valence electrons. The Bertz CT molecular complexity index is 1460. The normalized spacial score (nSPS) is 15.3. The fourth-order valence-electron chi connectivity index (χ4n) is 3.38. The second kappa shape index (κ2) is 9.44. The number of aliphatic hydroxyl groups is 1. The van der Waals surface area contributed by atoms with Crippen molar-refractivity contribution in [2.24, 2.45) is 5.10 Å². The quantitative estimate of drug-likeness (QED) is 0.404. The number of benzene rings is 1. The van der Waals surface area contributed by atoms with E-state index in [1.54, 1.807) is 6.92 Å². The minimum atomic E-state index is -4.46. The van der Waals surface area contributed by atoms with Crippen LogP contribution in [-0.2, 0) is 14.9 Å². The number of hydrogen-bond donors (Lipinski definition) is 3.